The summed E-state index contributed by atoms with van der Waals surface area (Å²) in [5, 5.41) is 2.75. The van der Waals surface area contributed by atoms with E-state index in [0.29, 0.717) is 5.56 Å². The first-order valence-corrected chi connectivity index (χ1v) is 10.1. The molecule has 156 valence electrons. The van der Waals surface area contributed by atoms with Crippen LogP contribution in [0.1, 0.15) is 90.9 Å². The van der Waals surface area contributed by atoms with E-state index in [9.17, 15) is 19.2 Å². The predicted octanol–water partition coefficient (Wildman–Crippen LogP) is 3.08. The van der Waals surface area contributed by atoms with Gasteiger partial charge in [0.15, 0.2) is 6.10 Å². The molecule has 29 heavy (non-hydrogen) atoms. The van der Waals surface area contributed by atoms with Crippen LogP contribution in [0.5, 0.6) is 0 Å². The maximum absolute atomic E-state index is 12.9. The molecule has 0 spiro atoms. The summed E-state index contributed by atoms with van der Waals surface area (Å²) in [6.45, 7) is 6.99. The monoisotopic (exact) mass is 400 g/mol. The molecule has 0 bridgehead atoms. The first kappa shape index (κ1) is 21.0. The van der Waals surface area contributed by atoms with Gasteiger partial charge in [-0.05, 0) is 58.7 Å². The van der Waals surface area contributed by atoms with Gasteiger partial charge in [-0.1, -0.05) is 19.3 Å². The van der Waals surface area contributed by atoms with Crippen LogP contribution >= 0.6 is 0 Å². The Morgan fingerprint density at radius 1 is 1.07 bits per heavy atom. The lowest BCUT2D eigenvalue weighted by atomic mass is 9.94. The van der Waals surface area contributed by atoms with Crippen molar-refractivity contribution in [3.8, 4) is 0 Å². The number of carbonyl (C=O) groups excluding carboxylic acids is 4. The standard InChI is InChI=1S/C22H28N2O5/c1-13(18(25)23-22(2,3)4)29-21(28)14-10-11-16-17(12-14)20(27)24(19(16)26)15-8-6-5-7-9-15/h10-13,15H,5-9H2,1-4H3,(H,23,25)/t13-/m0/s1. The Bertz CT molecular complexity index is 849. The van der Waals surface area contributed by atoms with Gasteiger partial charge in [-0.25, -0.2) is 4.79 Å². The van der Waals surface area contributed by atoms with E-state index < -0.39 is 23.5 Å². The molecule has 1 aromatic rings. The molecule has 7 nitrogen and oxygen atoms in total. The lowest BCUT2D eigenvalue weighted by Gasteiger charge is -2.29. The topological polar surface area (TPSA) is 92.8 Å². The van der Waals surface area contributed by atoms with E-state index in [0.717, 1.165) is 32.1 Å². The van der Waals surface area contributed by atoms with Gasteiger partial charge in [0.2, 0.25) is 0 Å². The fourth-order valence-corrected chi connectivity index (χ4v) is 3.81. The molecule has 1 aromatic carbocycles. The summed E-state index contributed by atoms with van der Waals surface area (Å²) in [7, 11) is 0. The fraction of sp³-hybridized carbons (Fsp3) is 0.545. The Hall–Kier alpha value is -2.70. The van der Waals surface area contributed by atoms with Crippen LogP contribution in [0.4, 0.5) is 0 Å². The molecule has 1 fully saturated rings. The van der Waals surface area contributed by atoms with Gasteiger partial charge >= 0.3 is 5.97 Å². The molecular weight excluding hydrogens is 372 g/mol. The molecule has 1 heterocycles. The maximum atomic E-state index is 12.9. The van der Waals surface area contributed by atoms with Gasteiger partial charge in [0.25, 0.3) is 17.7 Å². The summed E-state index contributed by atoms with van der Waals surface area (Å²) in [5.74, 6) is -1.76. The number of benzene rings is 1. The molecule has 7 heteroatoms. The van der Waals surface area contributed by atoms with Crippen LogP contribution in [0.25, 0.3) is 0 Å². The highest BCUT2D eigenvalue weighted by atomic mass is 16.5. The zero-order valence-electron chi connectivity index (χ0n) is 17.4. The Kier molecular flexibility index (Phi) is 5.78. The van der Waals surface area contributed by atoms with E-state index in [1.54, 1.807) is 0 Å². The second kappa shape index (κ2) is 7.97. The number of nitrogens with one attached hydrogen (secondary N) is 1. The lowest BCUT2D eigenvalue weighted by molar-refractivity contribution is -0.130. The molecule has 1 N–H and O–H groups in total. The number of hydrogen-bond donors (Lipinski definition) is 1. The summed E-state index contributed by atoms with van der Waals surface area (Å²) < 4.78 is 5.25. The Morgan fingerprint density at radius 2 is 1.69 bits per heavy atom. The number of esters is 1. The molecule has 0 unspecified atom stereocenters. The molecule has 1 saturated carbocycles. The number of amides is 3. The highest BCUT2D eigenvalue weighted by molar-refractivity contribution is 6.22. The van der Waals surface area contributed by atoms with E-state index in [1.165, 1.54) is 30.0 Å². The highest BCUT2D eigenvalue weighted by Crippen LogP contribution is 2.31. The number of nitrogens with zero attached hydrogens (tertiary/aromatic N) is 1. The second-order valence-corrected chi connectivity index (χ2v) is 8.82. The molecule has 1 aliphatic heterocycles. The van der Waals surface area contributed by atoms with Crippen molar-refractivity contribution in [3.05, 3.63) is 34.9 Å². The van der Waals surface area contributed by atoms with Gasteiger partial charge in [-0.2, -0.15) is 0 Å². The summed E-state index contributed by atoms with van der Waals surface area (Å²) in [5.41, 5.74) is 0.240. The van der Waals surface area contributed by atoms with E-state index >= 15 is 0 Å². The third-order valence-electron chi connectivity index (χ3n) is 5.24. The number of rotatable bonds is 4. The van der Waals surface area contributed by atoms with Gasteiger partial charge in [-0.3, -0.25) is 19.3 Å². The quantitative estimate of drug-likeness (QED) is 0.619. The second-order valence-electron chi connectivity index (χ2n) is 8.82. The number of carbonyl (C=O) groups is 4. The van der Waals surface area contributed by atoms with E-state index in [4.69, 9.17) is 4.74 Å². The number of fused-ring (bicyclic) bond motifs is 1. The molecule has 1 aliphatic carbocycles. The molecule has 0 radical (unpaired) electrons. The number of imide groups is 1. The molecule has 3 amide bonds. The van der Waals surface area contributed by atoms with Crippen molar-refractivity contribution < 1.29 is 23.9 Å². The molecule has 3 rings (SSSR count). The van der Waals surface area contributed by atoms with Gasteiger partial charge in [0, 0.05) is 11.6 Å². The maximum Gasteiger partial charge on any atom is 0.338 e. The van der Waals surface area contributed by atoms with Crippen molar-refractivity contribution in [1.82, 2.24) is 10.2 Å². The van der Waals surface area contributed by atoms with Crippen LogP contribution in [0, 0.1) is 0 Å². The van der Waals surface area contributed by atoms with Crippen LogP contribution < -0.4 is 5.32 Å². The molecule has 0 aromatic heterocycles. The average molecular weight is 400 g/mol. The van der Waals surface area contributed by atoms with Crippen molar-refractivity contribution in [2.45, 2.75) is 77.5 Å². The first-order valence-electron chi connectivity index (χ1n) is 10.1. The third kappa shape index (κ3) is 4.49. The minimum atomic E-state index is -0.981. The van der Waals surface area contributed by atoms with Crippen LogP contribution in [-0.2, 0) is 9.53 Å². The number of ether oxygens (including phenoxy) is 1. The summed E-state index contributed by atoms with van der Waals surface area (Å²) in [6, 6.07) is 4.28. The van der Waals surface area contributed by atoms with E-state index in [-0.39, 0.29) is 29.0 Å². The van der Waals surface area contributed by atoms with Crippen molar-refractivity contribution in [2.24, 2.45) is 0 Å². The van der Waals surface area contributed by atoms with Crippen molar-refractivity contribution >= 4 is 23.7 Å². The largest absolute Gasteiger partial charge is 0.449 e. The summed E-state index contributed by atoms with van der Waals surface area (Å²) >= 11 is 0. The first-order chi connectivity index (χ1) is 13.6. The van der Waals surface area contributed by atoms with Crippen molar-refractivity contribution in [3.63, 3.8) is 0 Å². The predicted molar refractivity (Wildman–Crippen MR) is 107 cm³/mol. The minimum Gasteiger partial charge on any atom is -0.449 e. The smallest absolute Gasteiger partial charge is 0.338 e. The highest BCUT2D eigenvalue weighted by Gasteiger charge is 2.40. The van der Waals surface area contributed by atoms with E-state index in [2.05, 4.69) is 5.32 Å². The summed E-state index contributed by atoms with van der Waals surface area (Å²) in [4.78, 5) is 51.5. The fourth-order valence-electron chi connectivity index (χ4n) is 3.81. The average Bonchev–Trinajstić information content (AvgIpc) is 2.91. The summed E-state index contributed by atoms with van der Waals surface area (Å²) in [6.07, 6.45) is 3.79. The molecule has 1 atom stereocenters. The van der Waals surface area contributed by atoms with Crippen LogP contribution in [0.2, 0.25) is 0 Å². The molecule has 0 saturated heterocycles. The zero-order chi connectivity index (χ0) is 21.3. The normalized spacial score (nSPS) is 18.4. The van der Waals surface area contributed by atoms with Gasteiger partial charge in [0.05, 0.1) is 16.7 Å². The lowest BCUT2D eigenvalue weighted by Crippen LogP contribution is -2.46. The van der Waals surface area contributed by atoms with Gasteiger partial charge in [0.1, 0.15) is 0 Å². The SMILES string of the molecule is C[C@H](OC(=O)c1ccc2c(c1)C(=O)N(C1CCCCC1)C2=O)C(=O)NC(C)(C)C. The van der Waals surface area contributed by atoms with Crippen molar-refractivity contribution in [2.75, 3.05) is 0 Å². The van der Waals surface area contributed by atoms with Crippen LogP contribution in [-0.4, -0.2) is 46.3 Å². The molecular formula is C22H28N2O5. The van der Waals surface area contributed by atoms with Gasteiger partial charge < -0.3 is 10.1 Å². The third-order valence-corrected chi connectivity index (χ3v) is 5.24. The minimum absolute atomic E-state index is 0.0762. The van der Waals surface area contributed by atoms with Crippen LogP contribution in [0.15, 0.2) is 18.2 Å². The Morgan fingerprint density at radius 3 is 2.31 bits per heavy atom. The van der Waals surface area contributed by atoms with Crippen LogP contribution in [0.3, 0.4) is 0 Å². The van der Waals surface area contributed by atoms with Crippen molar-refractivity contribution in [1.29, 1.82) is 0 Å². The van der Waals surface area contributed by atoms with Gasteiger partial charge in [-0.15, -0.1) is 0 Å². The zero-order valence-corrected chi connectivity index (χ0v) is 17.4. The number of hydrogen-bond acceptors (Lipinski definition) is 5. The Balaban J connectivity index is 1.74. The molecule has 2 aliphatic rings. The Labute approximate surface area is 170 Å². The van der Waals surface area contributed by atoms with E-state index in [1.807, 2.05) is 20.8 Å².